The summed E-state index contributed by atoms with van der Waals surface area (Å²) < 4.78 is 29.7. The highest BCUT2D eigenvalue weighted by molar-refractivity contribution is 5.91. The fraction of sp³-hybridized carbons (Fsp3) is 0.105. The van der Waals surface area contributed by atoms with Crippen LogP contribution in [0.4, 0.5) is 20.4 Å². The predicted molar refractivity (Wildman–Crippen MR) is 99.8 cm³/mol. The van der Waals surface area contributed by atoms with Crippen LogP contribution in [-0.4, -0.2) is 19.7 Å². The van der Waals surface area contributed by atoms with E-state index < -0.39 is 11.6 Å². The van der Waals surface area contributed by atoms with E-state index in [0.717, 1.165) is 23.3 Å². The van der Waals surface area contributed by atoms with Crippen LogP contribution in [0.25, 0.3) is 22.3 Å². The molecule has 0 radical (unpaired) electrons. The number of nitrogens with zero attached hydrogens (tertiary/aromatic N) is 4. The van der Waals surface area contributed by atoms with Crippen molar-refractivity contribution in [1.29, 1.82) is 0 Å². The van der Waals surface area contributed by atoms with Crippen molar-refractivity contribution < 1.29 is 8.78 Å². The molecule has 136 valence electrons. The molecule has 8 heteroatoms. The molecule has 0 atom stereocenters. The first kappa shape index (κ1) is 16.9. The van der Waals surface area contributed by atoms with Crippen LogP contribution in [0.15, 0.2) is 42.6 Å². The van der Waals surface area contributed by atoms with Gasteiger partial charge in [-0.15, -0.1) is 0 Å². The van der Waals surface area contributed by atoms with E-state index in [1.54, 1.807) is 6.20 Å². The maximum Gasteiger partial charge on any atom is 0.222 e. The Hall–Kier alpha value is -3.55. The second-order valence-electron chi connectivity index (χ2n) is 6.30. The Balaban J connectivity index is 1.85. The van der Waals surface area contributed by atoms with Crippen LogP contribution < -0.4 is 11.5 Å². The van der Waals surface area contributed by atoms with Crippen molar-refractivity contribution in [3.05, 3.63) is 65.4 Å². The van der Waals surface area contributed by atoms with Gasteiger partial charge in [-0.1, -0.05) is 23.8 Å². The second-order valence-corrected chi connectivity index (χ2v) is 6.30. The van der Waals surface area contributed by atoms with E-state index in [1.165, 1.54) is 4.68 Å². The van der Waals surface area contributed by atoms with Gasteiger partial charge in [0.2, 0.25) is 5.95 Å². The zero-order chi connectivity index (χ0) is 19.1. The summed E-state index contributed by atoms with van der Waals surface area (Å²) in [6.45, 7) is 1.83. The van der Waals surface area contributed by atoms with Crippen molar-refractivity contribution in [2.75, 3.05) is 11.5 Å². The lowest BCUT2D eigenvalue weighted by atomic mass is 10.1. The Morgan fingerprint density at radius 2 is 1.78 bits per heavy atom. The van der Waals surface area contributed by atoms with Gasteiger partial charge in [0.05, 0.1) is 23.8 Å². The standard InChI is InChI=1S/C19H16F2N6/c1-10-3-2-4-11(5-10)17-13-8-24-27(18(13)26-19(23)25-17)9-14-15(20)6-12(22)7-16(14)21/h2-8H,9,22H2,1H3,(H2,23,25,26). The van der Waals surface area contributed by atoms with Gasteiger partial charge in [0.15, 0.2) is 5.65 Å². The van der Waals surface area contributed by atoms with Crippen molar-refractivity contribution in [3.63, 3.8) is 0 Å². The number of nitrogen functional groups attached to an aromatic ring is 2. The van der Waals surface area contributed by atoms with Crippen molar-refractivity contribution >= 4 is 22.7 Å². The smallest absolute Gasteiger partial charge is 0.222 e. The van der Waals surface area contributed by atoms with Gasteiger partial charge in [0.1, 0.15) is 11.6 Å². The highest BCUT2D eigenvalue weighted by atomic mass is 19.1. The number of hydrogen-bond donors (Lipinski definition) is 2. The van der Waals surface area contributed by atoms with E-state index in [0.29, 0.717) is 16.7 Å². The number of hydrogen-bond acceptors (Lipinski definition) is 5. The summed E-state index contributed by atoms with van der Waals surface area (Å²) in [6.07, 6.45) is 1.57. The summed E-state index contributed by atoms with van der Waals surface area (Å²) in [5.74, 6) is -1.42. The first-order valence-electron chi connectivity index (χ1n) is 8.22. The van der Waals surface area contributed by atoms with Gasteiger partial charge in [-0.3, -0.25) is 0 Å². The first-order valence-corrected chi connectivity index (χ1v) is 8.22. The molecule has 0 aliphatic carbocycles. The molecule has 4 rings (SSSR count). The first-order chi connectivity index (χ1) is 12.9. The van der Waals surface area contributed by atoms with Gasteiger partial charge in [-0.05, 0) is 25.1 Å². The number of aryl methyl sites for hydroxylation is 1. The summed E-state index contributed by atoms with van der Waals surface area (Å²) >= 11 is 0. The van der Waals surface area contributed by atoms with Crippen LogP contribution >= 0.6 is 0 Å². The molecule has 0 saturated heterocycles. The monoisotopic (exact) mass is 366 g/mol. The minimum Gasteiger partial charge on any atom is -0.399 e. The molecule has 6 nitrogen and oxygen atoms in total. The van der Waals surface area contributed by atoms with Crippen LogP contribution in [0.1, 0.15) is 11.1 Å². The fourth-order valence-electron chi connectivity index (χ4n) is 3.02. The Morgan fingerprint density at radius 1 is 1.04 bits per heavy atom. The SMILES string of the molecule is Cc1cccc(-c2nc(N)nc3c2cnn3Cc2c(F)cc(N)cc2F)c1. The van der Waals surface area contributed by atoms with Gasteiger partial charge in [-0.25, -0.2) is 18.4 Å². The minimum atomic E-state index is -0.739. The van der Waals surface area contributed by atoms with Crippen LogP contribution in [0, 0.1) is 18.6 Å². The maximum atomic E-state index is 14.2. The lowest BCUT2D eigenvalue weighted by Crippen LogP contribution is -2.08. The Morgan fingerprint density at radius 3 is 2.48 bits per heavy atom. The van der Waals surface area contributed by atoms with E-state index in [2.05, 4.69) is 15.1 Å². The highest BCUT2D eigenvalue weighted by Crippen LogP contribution is 2.28. The van der Waals surface area contributed by atoms with Crippen molar-refractivity contribution in [2.45, 2.75) is 13.5 Å². The van der Waals surface area contributed by atoms with Gasteiger partial charge in [0.25, 0.3) is 0 Å². The third kappa shape index (κ3) is 3.05. The molecule has 27 heavy (non-hydrogen) atoms. The van der Waals surface area contributed by atoms with Gasteiger partial charge >= 0.3 is 0 Å². The normalized spacial score (nSPS) is 11.2. The maximum absolute atomic E-state index is 14.2. The Bertz CT molecular complexity index is 1150. The zero-order valence-corrected chi connectivity index (χ0v) is 14.4. The minimum absolute atomic E-state index is 0.0207. The van der Waals surface area contributed by atoms with E-state index in [-0.39, 0.29) is 23.7 Å². The number of nitrogens with two attached hydrogens (primary N) is 2. The molecule has 0 spiro atoms. The highest BCUT2D eigenvalue weighted by Gasteiger charge is 2.17. The summed E-state index contributed by atoms with van der Waals surface area (Å²) in [6, 6.07) is 9.92. The number of rotatable bonds is 3. The van der Waals surface area contributed by atoms with Gasteiger partial charge in [-0.2, -0.15) is 10.1 Å². The summed E-state index contributed by atoms with van der Waals surface area (Å²) in [5.41, 5.74) is 14.2. The third-order valence-corrected chi connectivity index (χ3v) is 4.28. The number of aromatic nitrogens is 4. The largest absolute Gasteiger partial charge is 0.399 e. The molecule has 2 aromatic carbocycles. The summed E-state index contributed by atoms with van der Waals surface area (Å²) in [4.78, 5) is 8.54. The molecular formula is C19H16F2N6. The quantitative estimate of drug-likeness (QED) is 0.543. The van der Waals surface area contributed by atoms with E-state index in [1.807, 2.05) is 31.2 Å². The van der Waals surface area contributed by atoms with Crippen LogP contribution in [0.5, 0.6) is 0 Å². The second kappa shape index (κ2) is 6.31. The van der Waals surface area contributed by atoms with Crippen LogP contribution in [0.3, 0.4) is 0 Å². The summed E-state index contributed by atoms with van der Waals surface area (Å²) in [5, 5.41) is 4.88. The molecular weight excluding hydrogens is 350 g/mol. The number of anilines is 2. The van der Waals surface area contributed by atoms with E-state index >= 15 is 0 Å². The molecule has 0 bridgehead atoms. The molecule has 0 saturated carbocycles. The van der Waals surface area contributed by atoms with Crippen LogP contribution in [-0.2, 0) is 6.54 Å². The molecule has 2 aromatic heterocycles. The average molecular weight is 366 g/mol. The lowest BCUT2D eigenvalue weighted by Gasteiger charge is -2.09. The molecule has 0 aliphatic heterocycles. The average Bonchev–Trinajstić information content (AvgIpc) is 3.00. The summed E-state index contributed by atoms with van der Waals surface area (Å²) in [7, 11) is 0. The van der Waals surface area contributed by atoms with E-state index in [4.69, 9.17) is 11.5 Å². The molecule has 0 amide bonds. The van der Waals surface area contributed by atoms with Crippen molar-refractivity contribution in [3.8, 4) is 11.3 Å². The molecule has 2 heterocycles. The molecule has 4 aromatic rings. The fourth-order valence-corrected chi connectivity index (χ4v) is 3.02. The third-order valence-electron chi connectivity index (χ3n) is 4.28. The Labute approximate surface area is 153 Å². The topological polar surface area (TPSA) is 95.6 Å². The van der Waals surface area contributed by atoms with Gasteiger partial charge in [0, 0.05) is 16.8 Å². The van der Waals surface area contributed by atoms with Crippen molar-refractivity contribution in [2.24, 2.45) is 0 Å². The predicted octanol–water partition coefficient (Wildman–Crippen LogP) is 3.29. The number of halogens is 2. The zero-order valence-electron chi connectivity index (χ0n) is 14.4. The number of fused-ring (bicyclic) bond motifs is 1. The molecule has 0 fully saturated rings. The van der Waals surface area contributed by atoms with E-state index in [9.17, 15) is 8.78 Å². The molecule has 0 unspecified atom stereocenters. The van der Waals surface area contributed by atoms with Gasteiger partial charge < -0.3 is 11.5 Å². The lowest BCUT2D eigenvalue weighted by molar-refractivity contribution is 0.537. The molecule has 0 aliphatic rings. The Kier molecular flexibility index (Phi) is 3.95. The number of benzene rings is 2. The van der Waals surface area contributed by atoms with Crippen LogP contribution in [0.2, 0.25) is 0 Å². The van der Waals surface area contributed by atoms with Crippen molar-refractivity contribution in [1.82, 2.24) is 19.7 Å². The molecule has 4 N–H and O–H groups in total.